The standard InChI is InChI=1S/C11H20OS/c1-3-9(4-2)8-10(12)11-6-5-7-13-11/h9,11H,3-8H2,1-2H3. The van der Waals surface area contributed by atoms with Gasteiger partial charge >= 0.3 is 0 Å². The molecule has 0 saturated carbocycles. The van der Waals surface area contributed by atoms with E-state index < -0.39 is 0 Å². The Labute approximate surface area is 85.7 Å². The minimum Gasteiger partial charge on any atom is -0.298 e. The number of carbonyl (C=O) groups excluding carboxylic acids is 1. The molecule has 1 heterocycles. The van der Waals surface area contributed by atoms with Crippen molar-refractivity contribution < 1.29 is 4.79 Å². The van der Waals surface area contributed by atoms with Gasteiger partial charge in [-0.3, -0.25) is 4.79 Å². The topological polar surface area (TPSA) is 17.1 Å². The van der Waals surface area contributed by atoms with Crippen LogP contribution in [0.25, 0.3) is 0 Å². The minimum atomic E-state index is 0.348. The van der Waals surface area contributed by atoms with Gasteiger partial charge in [-0.05, 0) is 24.5 Å². The number of thioether (sulfide) groups is 1. The van der Waals surface area contributed by atoms with Crippen LogP contribution in [-0.4, -0.2) is 16.8 Å². The first-order valence-electron chi connectivity index (χ1n) is 5.42. The summed E-state index contributed by atoms with van der Waals surface area (Å²) in [5.74, 6) is 2.34. The van der Waals surface area contributed by atoms with E-state index in [0.717, 1.165) is 25.7 Å². The third-order valence-electron chi connectivity index (χ3n) is 2.93. The van der Waals surface area contributed by atoms with E-state index in [4.69, 9.17) is 0 Å². The third-order valence-corrected chi connectivity index (χ3v) is 4.36. The summed E-state index contributed by atoms with van der Waals surface area (Å²) in [6.45, 7) is 4.37. The molecule has 0 aromatic rings. The fourth-order valence-corrected chi connectivity index (χ4v) is 3.06. The molecule has 2 heteroatoms. The molecule has 0 spiro atoms. The van der Waals surface area contributed by atoms with Gasteiger partial charge in [0.2, 0.25) is 0 Å². The smallest absolute Gasteiger partial charge is 0.146 e. The number of hydrogen-bond donors (Lipinski definition) is 0. The van der Waals surface area contributed by atoms with E-state index >= 15 is 0 Å². The molecule has 0 aromatic heterocycles. The van der Waals surface area contributed by atoms with Crippen LogP contribution in [0.3, 0.4) is 0 Å². The predicted octanol–water partition coefficient (Wildman–Crippen LogP) is 3.28. The van der Waals surface area contributed by atoms with Crippen LogP contribution in [0.5, 0.6) is 0 Å². The highest BCUT2D eigenvalue weighted by Gasteiger charge is 2.24. The predicted molar refractivity (Wildman–Crippen MR) is 59.2 cm³/mol. The minimum absolute atomic E-state index is 0.348. The molecule has 13 heavy (non-hydrogen) atoms. The average Bonchev–Trinajstić information content (AvgIpc) is 2.66. The van der Waals surface area contributed by atoms with E-state index in [1.54, 1.807) is 0 Å². The van der Waals surface area contributed by atoms with Crippen LogP contribution < -0.4 is 0 Å². The highest BCUT2D eigenvalue weighted by molar-refractivity contribution is 8.00. The summed E-state index contributed by atoms with van der Waals surface area (Å²) in [5, 5.41) is 0.348. The van der Waals surface area contributed by atoms with E-state index in [2.05, 4.69) is 13.8 Å². The maximum atomic E-state index is 11.8. The van der Waals surface area contributed by atoms with E-state index in [1.165, 1.54) is 12.2 Å². The maximum Gasteiger partial charge on any atom is 0.146 e. The first-order valence-corrected chi connectivity index (χ1v) is 6.47. The van der Waals surface area contributed by atoms with Gasteiger partial charge in [-0.25, -0.2) is 0 Å². The Morgan fingerprint density at radius 2 is 2.15 bits per heavy atom. The van der Waals surface area contributed by atoms with Crippen molar-refractivity contribution in [2.24, 2.45) is 5.92 Å². The summed E-state index contributed by atoms with van der Waals surface area (Å²) in [6, 6.07) is 0. The van der Waals surface area contributed by atoms with Gasteiger partial charge in [0, 0.05) is 6.42 Å². The first-order chi connectivity index (χ1) is 6.27. The Balaban J connectivity index is 2.30. The van der Waals surface area contributed by atoms with Crippen molar-refractivity contribution in [2.45, 2.75) is 51.2 Å². The van der Waals surface area contributed by atoms with Crippen molar-refractivity contribution in [1.82, 2.24) is 0 Å². The van der Waals surface area contributed by atoms with E-state index in [9.17, 15) is 4.79 Å². The van der Waals surface area contributed by atoms with Gasteiger partial charge in [0.1, 0.15) is 5.78 Å². The van der Waals surface area contributed by atoms with Crippen molar-refractivity contribution >= 4 is 17.5 Å². The molecule has 1 nitrogen and oxygen atoms in total. The summed E-state index contributed by atoms with van der Waals surface area (Å²) < 4.78 is 0. The summed E-state index contributed by atoms with van der Waals surface area (Å²) in [6.07, 6.45) is 5.50. The zero-order valence-electron chi connectivity index (χ0n) is 8.71. The molecular weight excluding hydrogens is 180 g/mol. The number of rotatable bonds is 5. The fourth-order valence-electron chi connectivity index (χ4n) is 1.82. The summed E-state index contributed by atoms with van der Waals surface area (Å²) in [5.41, 5.74) is 0. The van der Waals surface area contributed by atoms with Crippen LogP contribution in [-0.2, 0) is 4.79 Å². The molecule has 1 aliphatic rings. The molecule has 1 unspecified atom stereocenters. The van der Waals surface area contributed by atoms with Crippen LogP contribution in [0, 0.1) is 5.92 Å². The molecule has 0 amide bonds. The lowest BCUT2D eigenvalue weighted by molar-refractivity contribution is -0.119. The molecular formula is C11H20OS. The zero-order valence-corrected chi connectivity index (χ0v) is 9.53. The second-order valence-electron chi connectivity index (χ2n) is 3.85. The lowest BCUT2D eigenvalue weighted by Gasteiger charge is -2.13. The molecule has 76 valence electrons. The lowest BCUT2D eigenvalue weighted by atomic mass is 9.95. The summed E-state index contributed by atoms with van der Waals surface area (Å²) in [7, 11) is 0. The number of carbonyl (C=O) groups is 1. The van der Waals surface area contributed by atoms with Gasteiger partial charge in [0.25, 0.3) is 0 Å². The van der Waals surface area contributed by atoms with Crippen molar-refractivity contribution in [3.63, 3.8) is 0 Å². The molecule has 1 rings (SSSR count). The Bertz CT molecular complexity index is 157. The number of hydrogen-bond acceptors (Lipinski definition) is 2. The Morgan fingerprint density at radius 1 is 1.46 bits per heavy atom. The van der Waals surface area contributed by atoms with Gasteiger partial charge in [-0.15, -0.1) is 0 Å². The summed E-state index contributed by atoms with van der Waals surface area (Å²) in [4.78, 5) is 11.8. The van der Waals surface area contributed by atoms with Crippen LogP contribution in [0.4, 0.5) is 0 Å². The molecule has 0 aromatic carbocycles. The quantitative estimate of drug-likeness (QED) is 0.677. The van der Waals surface area contributed by atoms with Crippen LogP contribution in [0.2, 0.25) is 0 Å². The molecule has 1 fully saturated rings. The van der Waals surface area contributed by atoms with Crippen molar-refractivity contribution in [3.05, 3.63) is 0 Å². The lowest BCUT2D eigenvalue weighted by Crippen LogP contribution is -2.17. The highest BCUT2D eigenvalue weighted by atomic mass is 32.2. The van der Waals surface area contributed by atoms with Gasteiger partial charge < -0.3 is 0 Å². The number of Topliss-reactive ketones (excluding diaryl/α,β-unsaturated/α-hetero) is 1. The first kappa shape index (κ1) is 11.1. The molecule has 1 aliphatic heterocycles. The van der Waals surface area contributed by atoms with Crippen molar-refractivity contribution in [1.29, 1.82) is 0 Å². The van der Waals surface area contributed by atoms with Gasteiger partial charge in [-0.2, -0.15) is 11.8 Å². The fraction of sp³-hybridized carbons (Fsp3) is 0.909. The Hall–Kier alpha value is 0.0200. The van der Waals surface area contributed by atoms with Crippen LogP contribution in [0.15, 0.2) is 0 Å². The van der Waals surface area contributed by atoms with E-state index in [1.807, 2.05) is 11.8 Å². The highest BCUT2D eigenvalue weighted by Crippen LogP contribution is 2.29. The largest absolute Gasteiger partial charge is 0.298 e. The monoisotopic (exact) mass is 200 g/mol. The van der Waals surface area contributed by atoms with Crippen LogP contribution >= 0.6 is 11.8 Å². The van der Waals surface area contributed by atoms with Crippen molar-refractivity contribution in [2.75, 3.05) is 5.75 Å². The Kier molecular flexibility index (Phi) is 4.86. The molecule has 0 bridgehead atoms. The van der Waals surface area contributed by atoms with E-state index in [0.29, 0.717) is 17.0 Å². The third kappa shape index (κ3) is 3.34. The van der Waals surface area contributed by atoms with Gasteiger partial charge in [-0.1, -0.05) is 26.7 Å². The van der Waals surface area contributed by atoms with Gasteiger partial charge in [0.15, 0.2) is 0 Å². The number of ketones is 1. The van der Waals surface area contributed by atoms with Crippen LogP contribution in [0.1, 0.15) is 46.0 Å². The molecule has 0 aliphatic carbocycles. The van der Waals surface area contributed by atoms with Gasteiger partial charge in [0.05, 0.1) is 5.25 Å². The average molecular weight is 200 g/mol. The Morgan fingerprint density at radius 3 is 2.62 bits per heavy atom. The molecule has 0 radical (unpaired) electrons. The van der Waals surface area contributed by atoms with E-state index in [-0.39, 0.29) is 0 Å². The normalized spacial score (nSPS) is 22.5. The SMILES string of the molecule is CCC(CC)CC(=O)C1CCCS1. The van der Waals surface area contributed by atoms with Crippen molar-refractivity contribution in [3.8, 4) is 0 Å². The second kappa shape index (κ2) is 5.69. The second-order valence-corrected chi connectivity index (χ2v) is 5.17. The molecule has 1 saturated heterocycles. The summed E-state index contributed by atoms with van der Waals surface area (Å²) >= 11 is 1.86. The zero-order chi connectivity index (χ0) is 9.68. The maximum absolute atomic E-state index is 11.8. The molecule has 1 atom stereocenters. The molecule has 0 N–H and O–H groups in total.